The van der Waals surface area contributed by atoms with Crippen molar-refractivity contribution in [2.45, 2.75) is 25.7 Å². The largest absolute Gasteiger partial charge is 0.467 e. The van der Waals surface area contributed by atoms with Gasteiger partial charge in [-0.25, -0.2) is 4.79 Å². The molecule has 0 saturated carbocycles. The Morgan fingerprint density at radius 1 is 1.25 bits per heavy atom. The number of nitrogens with one attached hydrogen (secondary N) is 1. The quantitative estimate of drug-likeness (QED) is 0.848. The number of carbonyl (C=O) groups is 2. The molecule has 0 radical (unpaired) electrons. The van der Waals surface area contributed by atoms with Crippen LogP contribution in [0.25, 0.3) is 0 Å². The molecule has 1 heterocycles. The van der Waals surface area contributed by atoms with Crippen LogP contribution in [-0.4, -0.2) is 18.0 Å². The number of hydrogen-bond donors (Lipinski definition) is 1. The number of rotatable bonds is 5. The van der Waals surface area contributed by atoms with Crippen LogP contribution in [0, 0.1) is 0 Å². The van der Waals surface area contributed by atoms with Crippen LogP contribution in [0.3, 0.4) is 0 Å². The third kappa shape index (κ3) is 4.61. The summed E-state index contributed by atoms with van der Waals surface area (Å²) in [6.07, 6.45) is -4.29. The molecule has 1 N–H and O–H groups in total. The van der Waals surface area contributed by atoms with E-state index in [-0.39, 0.29) is 12.1 Å². The van der Waals surface area contributed by atoms with Crippen molar-refractivity contribution in [2.75, 3.05) is 0 Å². The van der Waals surface area contributed by atoms with Crippen molar-refractivity contribution in [1.82, 2.24) is 5.32 Å². The molecule has 0 spiro atoms. The van der Waals surface area contributed by atoms with Crippen molar-refractivity contribution in [1.29, 1.82) is 0 Å². The number of amides is 1. The van der Waals surface area contributed by atoms with Crippen LogP contribution in [0.2, 0.25) is 0 Å². The molecular formula is C16H14F3NO4. The number of esters is 1. The Morgan fingerprint density at radius 2 is 2.00 bits per heavy atom. The van der Waals surface area contributed by atoms with E-state index >= 15 is 0 Å². The molecule has 2 aromatic rings. The van der Waals surface area contributed by atoms with E-state index in [9.17, 15) is 22.8 Å². The van der Waals surface area contributed by atoms with Crippen molar-refractivity contribution < 1.29 is 31.9 Å². The Kier molecular flexibility index (Phi) is 5.28. The molecule has 0 saturated heterocycles. The van der Waals surface area contributed by atoms with E-state index in [1.54, 1.807) is 12.1 Å². The molecule has 24 heavy (non-hydrogen) atoms. The van der Waals surface area contributed by atoms with E-state index in [0.717, 1.165) is 12.1 Å². The molecule has 1 amide bonds. The molecule has 8 heteroatoms. The van der Waals surface area contributed by atoms with Crippen LogP contribution in [0.4, 0.5) is 13.2 Å². The Hall–Kier alpha value is -2.77. The molecule has 1 atom stereocenters. The molecule has 0 aliphatic rings. The fourth-order valence-corrected chi connectivity index (χ4v) is 1.84. The highest BCUT2D eigenvalue weighted by Gasteiger charge is 2.31. The number of alkyl halides is 3. The first-order chi connectivity index (χ1) is 11.3. The second-order valence-electron chi connectivity index (χ2n) is 4.92. The minimum atomic E-state index is -4.57. The maximum atomic E-state index is 12.6. The minimum absolute atomic E-state index is 0.108. The van der Waals surface area contributed by atoms with E-state index in [4.69, 9.17) is 9.15 Å². The average molecular weight is 341 g/mol. The maximum absolute atomic E-state index is 12.6. The van der Waals surface area contributed by atoms with Crippen molar-refractivity contribution in [2.24, 2.45) is 0 Å². The number of halogens is 3. The monoisotopic (exact) mass is 341 g/mol. The van der Waals surface area contributed by atoms with Crippen molar-refractivity contribution in [3.05, 3.63) is 59.5 Å². The highest BCUT2D eigenvalue weighted by atomic mass is 19.4. The lowest BCUT2D eigenvalue weighted by molar-refractivity contribution is -0.137. The Labute approximate surface area is 135 Å². The third-order valence-corrected chi connectivity index (χ3v) is 3.10. The SMILES string of the molecule is C[C@@H](OC(=O)c1cccc(C(F)(F)F)c1)C(=O)NCc1ccco1. The first kappa shape index (κ1) is 17.6. The lowest BCUT2D eigenvalue weighted by atomic mass is 10.1. The zero-order chi connectivity index (χ0) is 17.7. The van der Waals surface area contributed by atoms with E-state index in [1.807, 2.05) is 0 Å². The maximum Gasteiger partial charge on any atom is 0.416 e. The van der Waals surface area contributed by atoms with Crippen molar-refractivity contribution in [3.8, 4) is 0 Å². The molecule has 0 aliphatic carbocycles. The van der Waals surface area contributed by atoms with E-state index in [0.29, 0.717) is 11.8 Å². The van der Waals surface area contributed by atoms with Crippen LogP contribution in [0.1, 0.15) is 28.6 Å². The summed E-state index contributed by atoms with van der Waals surface area (Å²) in [5.41, 5.74) is -1.25. The predicted octanol–water partition coefficient (Wildman–Crippen LogP) is 3.16. The summed E-state index contributed by atoms with van der Waals surface area (Å²) in [5.74, 6) is -1.09. The number of hydrogen-bond acceptors (Lipinski definition) is 4. The molecule has 1 aromatic heterocycles. The molecule has 1 aromatic carbocycles. The topological polar surface area (TPSA) is 68.5 Å². The highest BCUT2D eigenvalue weighted by Crippen LogP contribution is 2.29. The number of benzene rings is 1. The highest BCUT2D eigenvalue weighted by molar-refractivity contribution is 5.92. The van der Waals surface area contributed by atoms with Crippen LogP contribution >= 0.6 is 0 Å². The van der Waals surface area contributed by atoms with Gasteiger partial charge in [0.05, 0.1) is 23.9 Å². The van der Waals surface area contributed by atoms with Gasteiger partial charge in [0.15, 0.2) is 6.10 Å². The second-order valence-corrected chi connectivity index (χ2v) is 4.92. The fraction of sp³-hybridized carbons (Fsp3) is 0.250. The van der Waals surface area contributed by atoms with Crippen LogP contribution in [0.15, 0.2) is 47.1 Å². The first-order valence-electron chi connectivity index (χ1n) is 6.95. The number of carbonyl (C=O) groups excluding carboxylic acids is 2. The second kappa shape index (κ2) is 7.20. The van der Waals surface area contributed by atoms with Crippen molar-refractivity contribution >= 4 is 11.9 Å². The summed E-state index contributed by atoms with van der Waals surface area (Å²) >= 11 is 0. The van der Waals surface area contributed by atoms with Gasteiger partial charge < -0.3 is 14.5 Å². The molecule has 0 bridgehead atoms. The molecule has 128 valence electrons. The normalized spacial score (nSPS) is 12.5. The molecule has 0 unspecified atom stereocenters. The van der Waals surface area contributed by atoms with Gasteiger partial charge in [-0.15, -0.1) is 0 Å². The lowest BCUT2D eigenvalue weighted by Gasteiger charge is -2.14. The van der Waals surface area contributed by atoms with Gasteiger partial charge in [0, 0.05) is 0 Å². The van der Waals surface area contributed by atoms with Gasteiger partial charge >= 0.3 is 12.1 Å². The zero-order valence-corrected chi connectivity index (χ0v) is 12.6. The summed E-state index contributed by atoms with van der Waals surface area (Å²) in [5, 5.41) is 2.49. The van der Waals surface area contributed by atoms with Crippen molar-refractivity contribution in [3.63, 3.8) is 0 Å². The van der Waals surface area contributed by atoms with Gasteiger partial charge in [-0.2, -0.15) is 13.2 Å². The van der Waals surface area contributed by atoms with E-state index < -0.39 is 29.7 Å². The predicted molar refractivity (Wildman–Crippen MR) is 76.9 cm³/mol. The van der Waals surface area contributed by atoms with Crippen LogP contribution < -0.4 is 5.32 Å². The Balaban J connectivity index is 1.94. The third-order valence-electron chi connectivity index (χ3n) is 3.10. The van der Waals surface area contributed by atoms with Gasteiger partial charge in [0.25, 0.3) is 5.91 Å². The van der Waals surface area contributed by atoms with Gasteiger partial charge in [0.1, 0.15) is 5.76 Å². The molecule has 0 fully saturated rings. The fourth-order valence-electron chi connectivity index (χ4n) is 1.84. The Morgan fingerprint density at radius 3 is 2.62 bits per heavy atom. The van der Waals surface area contributed by atoms with Crippen LogP contribution in [-0.2, 0) is 22.3 Å². The summed E-state index contributed by atoms with van der Waals surface area (Å²) < 4.78 is 47.8. The zero-order valence-electron chi connectivity index (χ0n) is 12.6. The first-order valence-corrected chi connectivity index (χ1v) is 6.95. The molecular weight excluding hydrogens is 327 g/mol. The summed E-state index contributed by atoms with van der Waals surface area (Å²) in [6, 6.07) is 7.11. The molecule has 5 nitrogen and oxygen atoms in total. The van der Waals surface area contributed by atoms with Gasteiger partial charge in [-0.05, 0) is 37.3 Å². The summed E-state index contributed by atoms with van der Waals surface area (Å²) in [4.78, 5) is 23.7. The average Bonchev–Trinajstić information content (AvgIpc) is 3.05. The molecule has 0 aliphatic heterocycles. The number of ether oxygens (including phenoxy) is 1. The lowest BCUT2D eigenvalue weighted by Crippen LogP contribution is -2.35. The Bertz CT molecular complexity index is 710. The van der Waals surface area contributed by atoms with E-state index in [1.165, 1.54) is 19.3 Å². The standard InChI is InChI=1S/C16H14F3NO4/c1-10(14(21)20-9-13-6-3-7-23-13)24-15(22)11-4-2-5-12(8-11)16(17,18)19/h2-8,10H,9H2,1H3,(H,20,21)/t10-/m1/s1. The van der Waals surface area contributed by atoms with Crippen LogP contribution in [0.5, 0.6) is 0 Å². The number of furan rings is 1. The molecule has 2 rings (SSSR count). The smallest absolute Gasteiger partial charge is 0.416 e. The summed E-state index contributed by atoms with van der Waals surface area (Å²) in [6.45, 7) is 1.43. The summed E-state index contributed by atoms with van der Waals surface area (Å²) in [7, 11) is 0. The van der Waals surface area contributed by atoms with Gasteiger partial charge in [-0.3, -0.25) is 4.79 Å². The van der Waals surface area contributed by atoms with E-state index in [2.05, 4.69) is 5.32 Å². The minimum Gasteiger partial charge on any atom is -0.467 e. The van der Waals surface area contributed by atoms with Gasteiger partial charge in [0.2, 0.25) is 0 Å². The van der Waals surface area contributed by atoms with Gasteiger partial charge in [-0.1, -0.05) is 6.07 Å².